The van der Waals surface area contributed by atoms with Crippen LogP contribution < -0.4 is 53.6 Å². The van der Waals surface area contributed by atoms with E-state index in [0.717, 1.165) is 21.6 Å². The number of nitrogens with two attached hydrogens (primary N) is 1. The van der Waals surface area contributed by atoms with Gasteiger partial charge in [0.25, 0.3) is 0 Å². The molecule has 3 aliphatic heterocycles. The van der Waals surface area contributed by atoms with Gasteiger partial charge in [-0.2, -0.15) is 0 Å². The van der Waals surface area contributed by atoms with Gasteiger partial charge in [-0.15, -0.1) is 0 Å². The molecule has 538 valence electrons. The van der Waals surface area contributed by atoms with E-state index in [9.17, 15) is 69.0 Å². The van der Waals surface area contributed by atoms with Crippen LogP contribution in [0.15, 0.2) is 96.7 Å². The molecule has 3 heterocycles. The molecule has 2 saturated heterocycles. The molecule has 31 nitrogen and oxygen atoms in total. The van der Waals surface area contributed by atoms with Crippen molar-refractivity contribution in [1.29, 1.82) is 0 Å². The Morgan fingerprint density at radius 2 is 1.11 bits per heavy atom. The van der Waals surface area contributed by atoms with E-state index in [0.29, 0.717) is 29.5 Å². The lowest BCUT2D eigenvalue weighted by Gasteiger charge is -2.33. The third-order valence-corrected chi connectivity index (χ3v) is 19.3. The number of aliphatic carboxylic acids is 3. The van der Waals surface area contributed by atoms with Crippen LogP contribution >= 0.6 is 21.6 Å². The number of carbonyl (C=O) groups is 11. The zero-order valence-corrected chi connectivity index (χ0v) is 56.6. The number of nitrogens with zero attached hydrogens (tertiary/aromatic N) is 4. The molecule has 0 saturated carbocycles. The number of allylic oxidation sites excluding steroid dienone is 2. The second kappa shape index (κ2) is 40.8. The molecule has 4 aliphatic rings. The SMILES string of the molecule is CC(O)[C@@H]1NC(=O)[C@H](CCCCN)NC(=O)[C@@H](CC2=CNC3C=CC=CC23)NC(=O)[C@H](Cc2ccccc2)NC(=O)[C@@H](NC(=O)[C@@H](Cc2ccccc2)NC(=O)CN2CCN(CC(=O)O)CCN(CC(=O)O)CCN(CC(=O)O)CC2)CSSC[C@@H](C(=O)N[C@H](CO)C(C)O)NC1=O. The summed E-state index contributed by atoms with van der Waals surface area (Å²) in [6.45, 7) is 1.29. The van der Waals surface area contributed by atoms with Gasteiger partial charge in [0.2, 0.25) is 47.3 Å². The summed E-state index contributed by atoms with van der Waals surface area (Å²) in [5.41, 5.74) is 7.70. The Hall–Kier alpha value is -7.99. The summed E-state index contributed by atoms with van der Waals surface area (Å²) in [6, 6.07) is 5.23. The van der Waals surface area contributed by atoms with Crippen molar-refractivity contribution in [2.75, 3.05) is 103 Å². The molecular weight excluding hydrogens is 1310 g/mol. The van der Waals surface area contributed by atoms with Crippen LogP contribution in [0.4, 0.5) is 0 Å². The first-order valence-corrected chi connectivity index (χ1v) is 35.1. The number of amides is 8. The second-order valence-corrected chi connectivity index (χ2v) is 27.2. The molecule has 0 spiro atoms. The molecule has 0 aromatic heterocycles. The molecule has 0 bridgehead atoms. The standard InChI is InChI=1S/C65H94N14O17S2/c1-40(81)51(37-80)72-64(95)53-39-98-97-38-52(73-60(91)48(29-42-13-5-3-6-14-42)68-54(83)33-76-21-23-77(34-55(84)85)25-27-79(36-57(88)89)28-26-78(24-22-76)35-56(86)87)63(94)70-49(30-43-15-7-4-8-16-43)61(92)71-50(31-44-32-67-46-18-10-9-17-45(44)46)62(93)69-47(19-11-12-20-66)59(90)75-58(41(2)82)65(96)74-53/h3-10,13-18,32,40-41,45-53,58,67,80-82H,11-12,19-31,33-39,66H2,1-2H3,(H,68,83)(H,69,93)(H,70,94)(H,71,92)(H,72,95)(H,73,91)(H,74,96)(H,75,90)(H,84,85)(H,86,87)(H,88,89)/t40?,41?,45?,46?,47-,48+,49-,50+,51+,52-,53-,58-/m0/s1. The van der Waals surface area contributed by atoms with Crippen molar-refractivity contribution in [2.45, 2.75) is 119 Å². The van der Waals surface area contributed by atoms with Crippen molar-refractivity contribution < 1.29 is 83.4 Å². The number of hydrogen-bond donors (Lipinski definition) is 16. The van der Waals surface area contributed by atoms with Crippen LogP contribution in [0.3, 0.4) is 0 Å². The van der Waals surface area contributed by atoms with Crippen molar-refractivity contribution in [3.8, 4) is 0 Å². The fourth-order valence-corrected chi connectivity index (χ4v) is 13.7. The van der Waals surface area contributed by atoms with Crippen LogP contribution in [0.25, 0.3) is 0 Å². The Bertz CT molecular complexity index is 3080. The van der Waals surface area contributed by atoms with Gasteiger partial charge in [0, 0.05) is 82.6 Å². The number of carboxylic acid groups (broad SMARTS) is 3. The number of hydrogen-bond acceptors (Lipinski definition) is 22. The van der Waals surface area contributed by atoms with Crippen molar-refractivity contribution in [2.24, 2.45) is 11.7 Å². The Morgan fingerprint density at radius 1 is 0.602 bits per heavy atom. The lowest BCUT2D eigenvalue weighted by atomic mass is 9.87. The first-order chi connectivity index (χ1) is 46.9. The summed E-state index contributed by atoms with van der Waals surface area (Å²) in [4.78, 5) is 160. The van der Waals surface area contributed by atoms with E-state index >= 15 is 14.4 Å². The third-order valence-electron chi connectivity index (χ3n) is 16.9. The summed E-state index contributed by atoms with van der Waals surface area (Å²) in [5.74, 6) is -11.4. The van der Waals surface area contributed by atoms with Gasteiger partial charge in [-0.3, -0.25) is 72.3 Å². The average molecular weight is 1410 g/mol. The summed E-state index contributed by atoms with van der Waals surface area (Å²) < 4.78 is 0. The number of aliphatic hydroxyl groups is 3. The number of fused-ring (bicyclic) bond motifs is 1. The van der Waals surface area contributed by atoms with Crippen LogP contribution in [-0.4, -0.2) is 285 Å². The smallest absolute Gasteiger partial charge is 0.317 e. The van der Waals surface area contributed by atoms with E-state index in [1.165, 1.54) is 13.8 Å². The number of unbranched alkanes of at least 4 members (excludes halogenated alkanes) is 1. The molecule has 8 amide bonds. The number of benzene rings is 2. The van der Waals surface area contributed by atoms with Crippen molar-refractivity contribution in [3.05, 3.63) is 108 Å². The molecule has 0 radical (unpaired) electrons. The molecule has 2 aromatic carbocycles. The van der Waals surface area contributed by atoms with Crippen LogP contribution in [0.2, 0.25) is 0 Å². The molecule has 6 rings (SSSR count). The summed E-state index contributed by atoms with van der Waals surface area (Å²) in [7, 11) is 1.87. The predicted molar refractivity (Wildman–Crippen MR) is 364 cm³/mol. The maximum atomic E-state index is 15.3. The second-order valence-electron chi connectivity index (χ2n) is 24.6. The van der Waals surface area contributed by atoms with Crippen LogP contribution in [0, 0.1) is 5.92 Å². The maximum absolute atomic E-state index is 15.3. The molecule has 33 heteroatoms. The zero-order chi connectivity index (χ0) is 71.3. The largest absolute Gasteiger partial charge is 0.480 e. The topological polar surface area (TPSA) is 456 Å². The number of aliphatic hydroxyl groups excluding tert-OH is 3. The van der Waals surface area contributed by atoms with Crippen molar-refractivity contribution in [1.82, 2.24) is 67.5 Å². The Balaban J connectivity index is 1.38. The molecule has 1 aliphatic carbocycles. The van der Waals surface area contributed by atoms with Crippen molar-refractivity contribution >= 4 is 86.8 Å². The van der Waals surface area contributed by atoms with Gasteiger partial charge in [0.15, 0.2) is 0 Å². The van der Waals surface area contributed by atoms with Gasteiger partial charge >= 0.3 is 17.9 Å². The summed E-state index contributed by atoms with van der Waals surface area (Å²) in [5, 5.41) is 85.8. The fourth-order valence-electron chi connectivity index (χ4n) is 11.4. The molecule has 12 atom stereocenters. The van der Waals surface area contributed by atoms with Gasteiger partial charge in [-0.05, 0) is 69.0 Å². The lowest BCUT2D eigenvalue weighted by Crippen LogP contribution is -2.62. The van der Waals surface area contributed by atoms with E-state index in [4.69, 9.17) is 5.73 Å². The first-order valence-electron chi connectivity index (χ1n) is 32.7. The van der Waals surface area contributed by atoms with E-state index < -0.39 is 145 Å². The normalized spacial score (nSPS) is 24.6. The van der Waals surface area contributed by atoms with Crippen LogP contribution in [0.1, 0.15) is 50.7 Å². The first kappa shape index (κ1) is 79.0. The number of rotatable bonds is 26. The Kier molecular flexibility index (Phi) is 32.9. The Morgan fingerprint density at radius 3 is 1.65 bits per heavy atom. The molecular formula is C65H94N14O17S2. The van der Waals surface area contributed by atoms with E-state index in [1.807, 2.05) is 24.3 Å². The molecule has 17 N–H and O–H groups in total. The highest BCUT2D eigenvalue weighted by molar-refractivity contribution is 8.76. The van der Waals surface area contributed by atoms with Crippen LogP contribution in [-0.2, 0) is 65.6 Å². The van der Waals surface area contributed by atoms with Gasteiger partial charge in [-0.25, -0.2) is 0 Å². The van der Waals surface area contributed by atoms with E-state index in [2.05, 4.69) is 47.9 Å². The third kappa shape index (κ3) is 26.7. The molecule has 2 aromatic rings. The predicted octanol–water partition coefficient (Wildman–Crippen LogP) is -3.91. The average Bonchev–Trinajstić information content (AvgIpc) is 1.66. The van der Waals surface area contributed by atoms with Gasteiger partial charge in [-0.1, -0.05) is 107 Å². The van der Waals surface area contributed by atoms with Crippen molar-refractivity contribution in [3.63, 3.8) is 0 Å². The van der Waals surface area contributed by atoms with E-state index in [1.54, 1.807) is 86.5 Å². The lowest BCUT2D eigenvalue weighted by molar-refractivity contribution is -0.140. The number of carbonyl (C=O) groups excluding carboxylic acids is 8. The van der Waals surface area contributed by atoms with Gasteiger partial charge in [0.05, 0.1) is 57.1 Å². The monoisotopic (exact) mass is 1410 g/mol. The highest BCUT2D eigenvalue weighted by atomic mass is 33.1. The van der Waals surface area contributed by atoms with Gasteiger partial charge in [0.1, 0.15) is 42.3 Å². The maximum Gasteiger partial charge on any atom is 0.317 e. The minimum Gasteiger partial charge on any atom is -0.480 e. The number of nitrogens with one attached hydrogen (secondary N) is 9. The summed E-state index contributed by atoms with van der Waals surface area (Å²) in [6.07, 6.45) is 6.70. The Labute approximate surface area is 576 Å². The fraction of sp³-hybridized carbons (Fsp3) is 0.554. The minimum absolute atomic E-state index is 0.0237. The molecule has 4 unspecified atom stereocenters. The minimum atomic E-state index is -1.75. The van der Waals surface area contributed by atoms with Gasteiger partial charge < -0.3 is 84.2 Å². The summed E-state index contributed by atoms with van der Waals surface area (Å²) >= 11 is 0. The zero-order valence-electron chi connectivity index (χ0n) is 55.0. The van der Waals surface area contributed by atoms with Crippen LogP contribution in [0.5, 0.6) is 0 Å². The molecule has 2 fully saturated rings. The number of carboxylic acids is 3. The molecule has 98 heavy (non-hydrogen) atoms. The highest BCUT2D eigenvalue weighted by Gasteiger charge is 2.39. The van der Waals surface area contributed by atoms with E-state index in [-0.39, 0.29) is 121 Å². The highest BCUT2D eigenvalue weighted by Crippen LogP contribution is 2.30. The quantitative estimate of drug-likeness (QED) is 0.0316.